The molecule has 0 amide bonds. The summed E-state index contributed by atoms with van der Waals surface area (Å²) in [5.74, 6) is 0. The zero-order valence-corrected chi connectivity index (χ0v) is 19.7. The summed E-state index contributed by atoms with van der Waals surface area (Å²) in [6.07, 6.45) is 0. The Bertz CT molecular complexity index is 1180. The van der Waals surface area contributed by atoms with Gasteiger partial charge in [-0.25, -0.2) is 5.50 Å². The van der Waals surface area contributed by atoms with Gasteiger partial charge >= 0.3 is 8.16 Å². The second-order valence-corrected chi connectivity index (χ2v) is 6.72. The van der Waals surface area contributed by atoms with Crippen LogP contribution in [0.1, 0.15) is 41.5 Å². The SMILES string of the molecule is CC.CC.CC.Np1oc2ccc3ccccc3c2c2c(ccc3ccccc32)o1. The molecule has 158 valence electrons. The van der Waals surface area contributed by atoms with Crippen molar-refractivity contribution in [2.75, 3.05) is 5.50 Å². The van der Waals surface area contributed by atoms with Crippen LogP contribution in [0.4, 0.5) is 0 Å². The molecule has 0 saturated carbocycles. The Morgan fingerprint density at radius 3 is 1.30 bits per heavy atom. The van der Waals surface area contributed by atoms with Crippen LogP contribution in [0.15, 0.2) is 81.2 Å². The molecule has 0 spiro atoms. The van der Waals surface area contributed by atoms with Crippen molar-refractivity contribution in [2.24, 2.45) is 0 Å². The van der Waals surface area contributed by atoms with Gasteiger partial charge < -0.3 is 8.39 Å². The lowest BCUT2D eigenvalue weighted by Crippen LogP contribution is -1.79. The van der Waals surface area contributed by atoms with Crippen molar-refractivity contribution in [3.05, 3.63) is 72.8 Å². The van der Waals surface area contributed by atoms with Gasteiger partial charge in [0.25, 0.3) is 0 Å². The Hall–Kier alpha value is -2.74. The van der Waals surface area contributed by atoms with Crippen molar-refractivity contribution < 1.29 is 8.39 Å². The molecular weight excluding hydrogens is 389 g/mol. The lowest BCUT2D eigenvalue weighted by molar-refractivity contribution is 0.648. The van der Waals surface area contributed by atoms with Gasteiger partial charge in [0.15, 0.2) is 0 Å². The highest BCUT2D eigenvalue weighted by atomic mass is 31.1. The molecule has 4 heteroatoms. The largest absolute Gasteiger partial charge is 0.408 e. The van der Waals surface area contributed by atoms with E-state index in [1.807, 2.05) is 77.9 Å². The summed E-state index contributed by atoms with van der Waals surface area (Å²) in [6.45, 7) is 12.0. The topological polar surface area (TPSA) is 52.3 Å². The van der Waals surface area contributed by atoms with Crippen molar-refractivity contribution in [3.63, 3.8) is 0 Å². The summed E-state index contributed by atoms with van der Waals surface area (Å²) in [5, 5.41) is 6.72. The van der Waals surface area contributed by atoms with Crippen molar-refractivity contribution >= 4 is 51.6 Å². The zero-order chi connectivity index (χ0) is 22.1. The van der Waals surface area contributed by atoms with E-state index >= 15 is 0 Å². The number of benzene rings is 4. The van der Waals surface area contributed by atoms with Crippen molar-refractivity contribution in [2.45, 2.75) is 41.5 Å². The molecule has 0 aliphatic carbocycles. The molecule has 0 radical (unpaired) electrons. The number of rotatable bonds is 0. The van der Waals surface area contributed by atoms with Crippen LogP contribution in [0.25, 0.3) is 43.5 Å². The van der Waals surface area contributed by atoms with E-state index in [1.54, 1.807) is 0 Å². The minimum atomic E-state index is -1.50. The minimum Gasteiger partial charge on any atom is -0.408 e. The van der Waals surface area contributed by atoms with E-state index in [2.05, 4.69) is 36.4 Å². The van der Waals surface area contributed by atoms with E-state index < -0.39 is 8.16 Å². The Morgan fingerprint density at radius 1 is 0.533 bits per heavy atom. The summed E-state index contributed by atoms with van der Waals surface area (Å²) >= 11 is 0. The third-order valence-corrected chi connectivity index (χ3v) is 5.16. The molecular formula is C26H32NO2P. The first-order valence-corrected chi connectivity index (χ1v) is 12.0. The van der Waals surface area contributed by atoms with Gasteiger partial charge in [-0.1, -0.05) is 102 Å². The number of nitrogen functional groups attached to an aromatic ring is 1. The number of hydrogen-bond donors (Lipinski definition) is 1. The Morgan fingerprint density at radius 2 is 0.900 bits per heavy atom. The summed E-state index contributed by atoms with van der Waals surface area (Å²) < 4.78 is 11.8. The molecule has 3 nitrogen and oxygen atoms in total. The van der Waals surface area contributed by atoms with Crippen LogP contribution in [0, 0.1) is 0 Å². The predicted octanol–water partition coefficient (Wildman–Crippen LogP) is 9.39. The molecule has 5 aromatic rings. The van der Waals surface area contributed by atoms with E-state index in [1.165, 1.54) is 10.8 Å². The van der Waals surface area contributed by atoms with Crippen LogP contribution in [0.5, 0.6) is 0 Å². The third kappa shape index (κ3) is 4.53. The van der Waals surface area contributed by atoms with Gasteiger partial charge in [-0.05, 0) is 33.7 Å². The molecule has 1 aromatic heterocycles. The van der Waals surface area contributed by atoms with E-state index in [0.29, 0.717) is 0 Å². The molecule has 0 saturated heterocycles. The first kappa shape index (κ1) is 23.5. The quantitative estimate of drug-likeness (QED) is 0.271. The minimum absolute atomic E-state index is 0.775. The highest BCUT2D eigenvalue weighted by Crippen LogP contribution is 2.38. The smallest absolute Gasteiger partial charge is 0.303 e. The molecule has 2 N–H and O–H groups in total. The van der Waals surface area contributed by atoms with Gasteiger partial charge in [-0.3, -0.25) is 0 Å². The average molecular weight is 422 g/mol. The fourth-order valence-corrected chi connectivity index (χ4v) is 4.11. The Kier molecular flexibility index (Phi) is 8.98. The highest BCUT2D eigenvalue weighted by Gasteiger charge is 2.11. The van der Waals surface area contributed by atoms with E-state index in [-0.39, 0.29) is 0 Å². The monoisotopic (exact) mass is 421 g/mol. The molecule has 0 bridgehead atoms. The van der Waals surface area contributed by atoms with Crippen LogP contribution >= 0.6 is 8.16 Å². The van der Waals surface area contributed by atoms with E-state index in [9.17, 15) is 0 Å². The van der Waals surface area contributed by atoms with Crippen LogP contribution < -0.4 is 5.50 Å². The van der Waals surface area contributed by atoms with Crippen molar-refractivity contribution in [1.82, 2.24) is 0 Å². The molecule has 1 heterocycles. The lowest BCUT2D eigenvalue weighted by Gasteiger charge is -2.05. The van der Waals surface area contributed by atoms with E-state index in [4.69, 9.17) is 13.9 Å². The van der Waals surface area contributed by atoms with Gasteiger partial charge in [-0.2, -0.15) is 0 Å². The van der Waals surface area contributed by atoms with Crippen molar-refractivity contribution in [1.29, 1.82) is 0 Å². The second kappa shape index (κ2) is 11.4. The fourth-order valence-electron chi connectivity index (χ4n) is 3.38. The first-order chi connectivity index (χ1) is 14.8. The lowest BCUT2D eigenvalue weighted by atomic mass is 9.99. The van der Waals surface area contributed by atoms with Crippen LogP contribution in [-0.4, -0.2) is 0 Å². The Balaban J connectivity index is 0.000000493. The summed E-state index contributed by atoms with van der Waals surface area (Å²) in [6, 6.07) is 24.7. The van der Waals surface area contributed by atoms with Crippen LogP contribution in [0.2, 0.25) is 0 Å². The van der Waals surface area contributed by atoms with Crippen LogP contribution in [0.3, 0.4) is 0 Å². The number of hydrogen-bond acceptors (Lipinski definition) is 3. The van der Waals surface area contributed by atoms with Gasteiger partial charge in [0.05, 0.1) is 0 Å². The molecule has 0 aliphatic rings. The normalized spacial score (nSPS) is 9.83. The fraction of sp³-hybridized carbons (Fsp3) is 0.231. The standard InChI is InChI=1S/C20H14NO2P.3C2H6/c21-24-22-17-11-9-13-5-1-3-7-15(13)19(17)20-16-8-4-2-6-14(16)10-12-18(20)23-24;3*1-2/h1-12H,21H2;3*1-2H3. The maximum Gasteiger partial charge on any atom is 0.303 e. The van der Waals surface area contributed by atoms with Gasteiger partial charge in [0, 0.05) is 10.8 Å². The zero-order valence-electron chi connectivity index (χ0n) is 18.8. The number of nitrogens with two attached hydrogens (primary N) is 1. The summed E-state index contributed by atoms with van der Waals surface area (Å²) in [7, 11) is -1.50. The van der Waals surface area contributed by atoms with Crippen LogP contribution in [-0.2, 0) is 0 Å². The second-order valence-electron chi connectivity index (χ2n) is 5.79. The molecule has 30 heavy (non-hydrogen) atoms. The Labute approximate surface area is 180 Å². The maximum atomic E-state index is 6.07. The molecule has 5 rings (SSSR count). The van der Waals surface area contributed by atoms with Gasteiger partial charge in [0.1, 0.15) is 11.2 Å². The third-order valence-electron chi connectivity index (χ3n) is 4.41. The first-order valence-electron chi connectivity index (χ1n) is 10.8. The summed E-state index contributed by atoms with van der Waals surface area (Å²) in [5.41, 5.74) is 7.62. The molecule has 0 fully saturated rings. The van der Waals surface area contributed by atoms with Gasteiger partial charge in [-0.15, -0.1) is 0 Å². The molecule has 0 aliphatic heterocycles. The maximum absolute atomic E-state index is 6.07. The van der Waals surface area contributed by atoms with E-state index in [0.717, 1.165) is 32.7 Å². The molecule has 0 atom stereocenters. The number of fused-ring (bicyclic) bond motifs is 7. The predicted molar refractivity (Wildman–Crippen MR) is 136 cm³/mol. The summed E-state index contributed by atoms with van der Waals surface area (Å²) in [4.78, 5) is 0. The van der Waals surface area contributed by atoms with Gasteiger partial charge in [0.2, 0.25) is 0 Å². The van der Waals surface area contributed by atoms with Crippen molar-refractivity contribution in [3.8, 4) is 0 Å². The highest BCUT2D eigenvalue weighted by molar-refractivity contribution is 7.36. The molecule has 0 unspecified atom stereocenters. The molecule has 4 aromatic carbocycles. The average Bonchev–Trinajstić information content (AvgIpc) is 2.98.